The van der Waals surface area contributed by atoms with E-state index < -0.39 is 18.2 Å². The van der Waals surface area contributed by atoms with Crippen molar-refractivity contribution in [3.63, 3.8) is 0 Å². The molecule has 7 atom stereocenters. The van der Waals surface area contributed by atoms with Crippen molar-refractivity contribution in [2.75, 3.05) is 39.9 Å². The SMILES string of the molecule is COC(=O)/C=C1\CC2CC(=O)OC(/C=C/C=C\CCOC(=O)N3CCC(N4CCCCC4)CC3)C(C)/C=C/C(C)CC3CCCC(CC(C1)O2)O3. The Morgan fingerprint density at radius 2 is 1.57 bits per heavy atom. The third kappa shape index (κ3) is 12.9. The van der Waals surface area contributed by atoms with Crippen molar-refractivity contribution < 1.29 is 38.1 Å². The maximum Gasteiger partial charge on any atom is 0.409 e. The lowest BCUT2D eigenvalue weighted by Gasteiger charge is -2.39. The molecule has 4 fully saturated rings. The van der Waals surface area contributed by atoms with Gasteiger partial charge in [0.2, 0.25) is 0 Å². The van der Waals surface area contributed by atoms with Gasteiger partial charge in [-0.1, -0.05) is 56.2 Å². The molecule has 5 heterocycles. The summed E-state index contributed by atoms with van der Waals surface area (Å²) in [6.45, 7) is 8.50. The van der Waals surface area contributed by atoms with E-state index in [1.54, 1.807) is 6.08 Å². The number of piperidine rings is 2. The minimum Gasteiger partial charge on any atom is -0.466 e. The molecule has 0 radical (unpaired) electrons. The van der Waals surface area contributed by atoms with Gasteiger partial charge < -0.3 is 33.5 Å². The number of methoxy groups -OCH3 is 1. The predicted octanol–water partition coefficient (Wildman–Crippen LogP) is 7.08. The summed E-state index contributed by atoms with van der Waals surface area (Å²) in [5.74, 6) is -0.461. The number of carbonyl (C=O) groups excluding carboxylic acids is 3. The highest BCUT2D eigenvalue weighted by molar-refractivity contribution is 5.82. The van der Waals surface area contributed by atoms with Crippen LogP contribution in [0.25, 0.3) is 0 Å². The summed E-state index contributed by atoms with van der Waals surface area (Å²) < 4.78 is 29.5. The van der Waals surface area contributed by atoms with Crippen LogP contribution in [0, 0.1) is 11.8 Å². The number of nitrogens with zero attached hydrogens (tertiary/aromatic N) is 2. The molecular weight excluding hydrogens is 648 g/mol. The van der Waals surface area contributed by atoms with Gasteiger partial charge in [0, 0.05) is 37.5 Å². The third-order valence-electron chi connectivity index (χ3n) is 11.1. The molecule has 284 valence electrons. The van der Waals surface area contributed by atoms with E-state index >= 15 is 0 Å². The first kappa shape index (κ1) is 39.3. The zero-order valence-corrected chi connectivity index (χ0v) is 31.3. The highest BCUT2D eigenvalue weighted by Gasteiger charge is 2.33. The number of amides is 1. The average molecular weight is 711 g/mol. The van der Waals surface area contributed by atoms with Gasteiger partial charge >= 0.3 is 18.0 Å². The summed E-state index contributed by atoms with van der Waals surface area (Å²) in [7, 11) is 1.37. The second kappa shape index (κ2) is 20.3. The molecule has 0 saturated carbocycles. The van der Waals surface area contributed by atoms with Crippen LogP contribution in [0.1, 0.15) is 104 Å². The molecule has 10 nitrogen and oxygen atoms in total. The molecule has 5 aliphatic heterocycles. The van der Waals surface area contributed by atoms with Gasteiger partial charge in [-0.15, -0.1) is 0 Å². The standard InChI is InChI=1S/C41H62N2O8/c1-30-15-16-31(2)38(14-7-4-5-10-23-48-41(46)43-21-17-33(18-22-43)42-19-8-6-9-20-42)51-40(45)29-37-26-32(27-39(44)47-3)25-36(50-37)28-35-13-11-12-34(24-30)49-35/h4-5,7,14-16,27,30-31,33-38H,6,8-13,17-26,28-29H2,1-3H3/b5-4-,14-7+,16-15+,32-27-. The third-order valence-corrected chi connectivity index (χ3v) is 11.1. The fourth-order valence-corrected chi connectivity index (χ4v) is 8.29. The van der Waals surface area contributed by atoms with E-state index in [2.05, 4.69) is 30.9 Å². The first-order valence-electron chi connectivity index (χ1n) is 19.7. The van der Waals surface area contributed by atoms with Gasteiger partial charge in [-0.05, 0) is 95.7 Å². The van der Waals surface area contributed by atoms with Crippen LogP contribution < -0.4 is 0 Å². The highest BCUT2D eigenvalue weighted by atomic mass is 16.6. The number of ether oxygens (including phenoxy) is 5. The van der Waals surface area contributed by atoms with Gasteiger partial charge in [0.15, 0.2) is 0 Å². The lowest BCUT2D eigenvalue weighted by Crippen LogP contribution is -2.48. The van der Waals surface area contributed by atoms with Gasteiger partial charge in [0.1, 0.15) is 6.10 Å². The molecule has 4 saturated heterocycles. The minimum absolute atomic E-state index is 0.0520. The molecule has 0 aromatic rings. The van der Waals surface area contributed by atoms with Crippen molar-refractivity contribution in [1.82, 2.24) is 9.80 Å². The minimum atomic E-state index is -0.469. The van der Waals surface area contributed by atoms with Gasteiger partial charge in [0.05, 0.1) is 44.6 Å². The number of allylic oxidation sites excluding steroid dienone is 3. The lowest BCUT2D eigenvalue weighted by atomic mass is 9.89. The Balaban J connectivity index is 1.14. The fraction of sp³-hybridized carbons (Fsp3) is 0.732. The molecule has 5 aliphatic rings. The monoisotopic (exact) mass is 710 g/mol. The number of rotatable bonds is 7. The summed E-state index contributed by atoms with van der Waals surface area (Å²) >= 11 is 0. The first-order chi connectivity index (χ1) is 24.7. The van der Waals surface area contributed by atoms with Crippen molar-refractivity contribution in [1.29, 1.82) is 0 Å². The second-order valence-corrected chi connectivity index (χ2v) is 15.3. The van der Waals surface area contributed by atoms with Gasteiger partial charge in [-0.25, -0.2) is 9.59 Å². The zero-order valence-electron chi connectivity index (χ0n) is 31.3. The second-order valence-electron chi connectivity index (χ2n) is 15.3. The van der Waals surface area contributed by atoms with E-state index in [4.69, 9.17) is 23.7 Å². The molecule has 0 aliphatic carbocycles. The molecular formula is C41H62N2O8. The number of carbonyl (C=O) groups is 3. The Labute approximate surface area is 305 Å². The number of likely N-dealkylation sites (tertiary alicyclic amines) is 2. The van der Waals surface area contributed by atoms with Crippen LogP contribution in [0.5, 0.6) is 0 Å². The molecule has 0 spiro atoms. The predicted molar refractivity (Wildman–Crippen MR) is 196 cm³/mol. The van der Waals surface area contributed by atoms with Crippen LogP contribution in [0.4, 0.5) is 4.79 Å². The van der Waals surface area contributed by atoms with Crippen LogP contribution in [-0.4, -0.2) is 104 Å². The van der Waals surface area contributed by atoms with Crippen LogP contribution in [0.15, 0.2) is 48.1 Å². The van der Waals surface area contributed by atoms with Crippen LogP contribution in [0.3, 0.4) is 0 Å². The van der Waals surface area contributed by atoms with E-state index in [0.717, 1.165) is 63.6 Å². The number of cyclic esters (lactones) is 1. The van der Waals surface area contributed by atoms with E-state index in [1.165, 1.54) is 39.5 Å². The van der Waals surface area contributed by atoms with Gasteiger partial charge in [-0.3, -0.25) is 4.79 Å². The quantitative estimate of drug-likeness (QED) is 0.0685. The topological polar surface area (TPSA) is 104 Å². The first-order valence-corrected chi connectivity index (χ1v) is 19.7. The molecule has 10 heteroatoms. The van der Waals surface area contributed by atoms with Crippen molar-refractivity contribution in [3.8, 4) is 0 Å². The smallest absolute Gasteiger partial charge is 0.409 e. The molecule has 1 amide bonds. The Morgan fingerprint density at radius 1 is 0.843 bits per heavy atom. The van der Waals surface area contributed by atoms with Crippen molar-refractivity contribution in [3.05, 3.63) is 48.1 Å². The highest BCUT2D eigenvalue weighted by Crippen LogP contribution is 2.34. The summed E-state index contributed by atoms with van der Waals surface area (Å²) in [5, 5.41) is 0. The zero-order chi connectivity index (χ0) is 36.0. The maximum atomic E-state index is 13.4. The molecule has 5 rings (SSSR count). The maximum absolute atomic E-state index is 13.4. The molecule has 4 bridgehead atoms. The number of fused-ring (bicyclic) bond motifs is 4. The molecule has 0 aromatic carbocycles. The van der Waals surface area contributed by atoms with Crippen molar-refractivity contribution >= 4 is 18.0 Å². The Hall–Kier alpha value is -2.95. The number of esters is 2. The Morgan fingerprint density at radius 3 is 2.33 bits per heavy atom. The number of hydrogen-bond donors (Lipinski definition) is 0. The largest absolute Gasteiger partial charge is 0.466 e. The van der Waals surface area contributed by atoms with Crippen LogP contribution in [0.2, 0.25) is 0 Å². The molecule has 0 aromatic heterocycles. The number of hydrogen-bond acceptors (Lipinski definition) is 9. The fourth-order valence-electron chi connectivity index (χ4n) is 8.29. The van der Waals surface area contributed by atoms with E-state index in [9.17, 15) is 14.4 Å². The average Bonchev–Trinajstić information content (AvgIpc) is 3.13. The molecule has 7 unspecified atom stereocenters. The van der Waals surface area contributed by atoms with Gasteiger partial charge in [0.25, 0.3) is 0 Å². The van der Waals surface area contributed by atoms with E-state index in [1.807, 2.05) is 29.2 Å². The van der Waals surface area contributed by atoms with Crippen LogP contribution in [-0.2, 0) is 33.3 Å². The van der Waals surface area contributed by atoms with Crippen molar-refractivity contribution in [2.45, 2.75) is 140 Å². The summed E-state index contributed by atoms with van der Waals surface area (Å²) in [6, 6.07) is 0.596. The van der Waals surface area contributed by atoms with E-state index in [0.29, 0.717) is 37.8 Å². The molecule has 0 N–H and O–H groups in total. The Bertz CT molecular complexity index is 1250. The lowest BCUT2D eigenvalue weighted by molar-refractivity contribution is -0.154. The molecule has 51 heavy (non-hydrogen) atoms. The van der Waals surface area contributed by atoms with Crippen molar-refractivity contribution in [2.24, 2.45) is 11.8 Å². The summed E-state index contributed by atoms with van der Waals surface area (Å²) in [5.41, 5.74) is 0.930. The van der Waals surface area contributed by atoms with Crippen LogP contribution >= 0.6 is 0 Å². The van der Waals surface area contributed by atoms with E-state index in [-0.39, 0.29) is 42.7 Å². The van der Waals surface area contributed by atoms with Gasteiger partial charge in [-0.2, -0.15) is 0 Å². The summed E-state index contributed by atoms with van der Waals surface area (Å²) in [4.78, 5) is 42.6. The Kier molecular flexibility index (Phi) is 15.7. The normalized spacial score (nSPS) is 33.6. The summed E-state index contributed by atoms with van der Waals surface area (Å²) in [6.07, 6.45) is 25.3.